The number of furan rings is 2. The molecule has 15 rings (SSSR count). The number of para-hydroxylation sites is 5. The van der Waals surface area contributed by atoms with Crippen molar-refractivity contribution in [2.75, 3.05) is 9.80 Å². The average Bonchev–Trinajstić information content (AvgIpc) is 4.14. The van der Waals surface area contributed by atoms with Gasteiger partial charge < -0.3 is 23.0 Å². The van der Waals surface area contributed by atoms with Gasteiger partial charge in [-0.3, -0.25) is 0 Å². The van der Waals surface area contributed by atoms with Gasteiger partial charge in [-0.05, 0) is 95.7 Å². The summed E-state index contributed by atoms with van der Waals surface area (Å²) < 4.78 is 15.3. The minimum absolute atomic E-state index is 0.874. The average molecular weight is 856 g/mol. The molecule has 5 nitrogen and oxygen atoms in total. The largest absolute Gasteiger partial charge is 0.456 e. The number of hydrogen-bond acceptors (Lipinski definition) is 4. The summed E-state index contributed by atoms with van der Waals surface area (Å²) in [5, 5.41) is 13.9. The zero-order valence-corrected chi connectivity index (χ0v) is 36.0. The third-order valence-electron chi connectivity index (χ3n) is 14.0. The third kappa shape index (κ3) is 5.14. The van der Waals surface area contributed by atoms with E-state index in [2.05, 4.69) is 227 Å². The molecular weight excluding hydrogens is 819 g/mol. The summed E-state index contributed by atoms with van der Waals surface area (Å²) in [5.74, 6) is 0. The van der Waals surface area contributed by atoms with Gasteiger partial charge in [-0.15, -0.1) is 0 Å². The second kappa shape index (κ2) is 13.7. The van der Waals surface area contributed by atoms with Gasteiger partial charge in [0.15, 0.2) is 0 Å². The molecule has 0 bridgehead atoms. The Balaban J connectivity index is 1.08. The molecule has 4 aromatic heterocycles. The van der Waals surface area contributed by atoms with Gasteiger partial charge in [-0.2, -0.15) is 0 Å². The first-order valence-corrected chi connectivity index (χ1v) is 22.8. The zero-order chi connectivity index (χ0) is 43.7. The molecule has 0 amide bonds. The fourth-order valence-corrected chi connectivity index (χ4v) is 11.2. The highest BCUT2D eigenvalue weighted by Gasteiger charge is 2.29. The van der Waals surface area contributed by atoms with E-state index in [4.69, 9.17) is 8.83 Å². The maximum atomic E-state index is 6.37. The number of hydrogen-bond donors (Lipinski definition) is 0. The van der Waals surface area contributed by atoms with Crippen molar-refractivity contribution in [2.24, 2.45) is 0 Å². The standard InChI is InChI=1S/C62H37N3O2/c1-3-18-40(19-4-1)63(42-30-32-56-50(36-42)46-24-11-13-28-54(46)66-56)61-44-22-9-7-16-38(44)34-52-58(61)48-26-15-27-49-59-53(65(52)60(48)49)35-39-17-8-10-23-45(39)62(59)64(41-20-5-2-6-21-41)43-31-33-57-51(37-43)47-25-12-14-29-55(47)67-57/h1-37H. The molecular formula is C62H37N3O2. The fraction of sp³-hybridized carbons (Fsp3) is 0. The molecule has 0 atom stereocenters. The molecule has 67 heavy (non-hydrogen) atoms. The first-order chi connectivity index (χ1) is 33.2. The van der Waals surface area contributed by atoms with Gasteiger partial charge in [-0.1, -0.05) is 140 Å². The van der Waals surface area contributed by atoms with Crippen LogP contribution in [0.25, 0.3) is 104 Å². The Labute approximate surface area is 383 Å². The molecule has 11 aromatic carbocycles. The van der Waals surface area contributed by atoms with Crippen LogP contribution in [0.1, 0.15) is 0 Å². The number of anilines is 6. The lowest BCUT2D eigenvalue weighted by molar-refractivity contribution is 0.668. The SMILES string of the molecule is c1ccc(N(c2ccc3oc4ccccc4c3c2)c2c3ccccc3cc3c2c2cccc4c5c(N(c6ccccc6)c6ccc7oc8ccccc8c7c6)c6ccccc6cc5n3c24)cc1. The van der Waals surface area contributed by atoms with E-state index in [9.17, 15) is 0 Å². The first-order valence-electron chi connectivity index (χ1n) is 22.8. The predicted molar refractivity (Wildman–Crippen MR) is 280 cm³/mol. The predicted octanol–water partition coefficient (Wildman–Crippen LogP) is 17.9. The summed E-state index contributed by atoms with van der Waals surface area (Å²) in [6.45, 7) is 0. The Morgan fingerprint density at radius 3 is 1.15 bits per heavy atom. The smallest absolute Gasteiger partial charge is 0.135 e. The van der Waals surface area contributed by atoms with E-state index in [0.29, 0.717) is 0 Å². The van der Waals surface area contributed by atoms with Gasteiger partial charge in [0.25, 0.3) is 0 Å². The van der Waals surface area contributed by atoms with Crippen LogP contribution >= 0.6 is 0 Å². The molecule has 312 valence electrons. The van der Waals surface area contributed by atoms with Gasteiger partial charge in [0.1, 0.15) is 22.3 Å². The number of aromatic nitrogens is 1. The number of fused-ring (bicyclic) bond motifs is 14. The second-order valence-corrected chi connectivity index (χ2v) is 17.6. The highest BCUT2D eigenvalue weighted by Crippen LogP contribution is 2.53. The Bertz CT molecular complexity index is 4190. The maximum absolute atomic E-state index is 6.37. The van der Waals surface area contributed by atoms with Crippen LogP contribution in [0.15, 0.2) is 233 Å². The van der Waals surface area contributed by atoms with Crippen molar-refractivity contribution in [3.63, 3.8) is 0 Å². The second-order valence-electron chi connectivity index (χ2n) is 17.6. The molecule has 0 spiro atoms. The van der Waals surface area contributed by atoms with Crippen molar-refractivity contribution in [3.05, 3.63) is 224 Å². The third-order valence-corrected chi connectivity index (χ3v) is 14.0. The summed E-state index contributed by atoms with van der Waals surface area (Å²) in [4.78, 5) is 4.92. The van der Waals surface area contributed by atoms with Crippen LogP contribution in [0.5, 0.6) is 0 Å². The molecule has 0 saturated carbocycles. The molecule has 0 aliphatic rings. The molecule has 5 heteroatoms. The van der Waals surface area contributed by atoms with E-state index in [-0.39, 0.29) is 0 Å². The van der Waals surface area contributed by atoms with Crippen molar-refractivity contribution in [1.82, 2.24) is 4.40 Å². The van der Waals surface area contributed by atoms with E-state index < -0.39 is 0 Å². The molecule has 0 unspecified atom stereocenters. The van der Waals surface area contributed by atoms with E-state index in [1.165, 1.54) is 48.6 Å². The van der Waals surface area contributed by atoms with Gasteiger partial charge in [0.2, 0.25) is 0 Å². The Kier molecular flexibility index (Phi) is 7.44. The van der Waals surface area contributed by atoms with Crippen molar-refractivity contribution in [2.45, 2.75) is 0 Å². The first kappa shape index (κ1) is 36.3. The van der Waals surface area contributed by atoms with Gasteiger partial charge in [-0.25, -0.2) is 0 Å². The number of benzene rings is 11. The van der Waals surface area contributed by atoms with Crippen molar-refractivity contribution < 1.29 is 8.83 Å². The minimum atomic E-state index is 0.874. The Hall–Kier alpha value is -9.06. The summed E-state index contributed by atoms with van der Waals surface area (Å²) in [6.07, 6.45) is 0. The lowest BCUT2D eigenvalue weighted by Gasteiger charge is -2.28. The molecule has 15 aromatic rings. The maximum Gasteiger partial charge on any atom is 0.135 e. The highest BCUT2D eigenvalue weighted by atomic mass is 16.3. The van der Waals surface area contributed by atoms with Crippen LogP contribution in [-0.2, 0) is 0 Å². The molecule has 0 aliphatic carbocycles. The normalized spacial score (nSPS) is 12.2. The van der Waals surface area contributed by atoms with Gasteiger partial charge >= 0.3 is 0 Å². The van der Waals surface area contributed by atoms with Crippen LogP contribution in [-0.4, -0.2) is 4.40 Å². The van der Waals surface area contributed by atoms with Crippen LogP contribution in [0, 0.1) is 0 Å². The zero-order valence-electron chi connectivity index (χ0n) is 36.0. The topological polar surface area (TPSA) is 37.2 Å². The number of rotatable bonds is 6. The lowest BCUT2D eigenvalue weighted by atomic mass is 9.97. The molecule has 0 fully saturated rings. The molecule has 0 radical (unpaired) electrons. The van der Waals surface area contributed by atoms with Crippen LogP contribution in [0.4, 0.5) is 34.1 Å². The lowest BCUT2D eigenvalue weighted by Crippen LogP contribution is -2.11. The minimum Gasteiger partial charge on any atom is -0.456 e. The van der Waals surface area contributed by atoms with E-state index in [1.807, 2.05) is 12.1 Å². The summed E-state index contributed by atoms with van der Waals surface area (Å²) >= 11 is 0. The molecule has 0 aliphatic heterocycles. The molecule has 0 N–H and O–H groups in total. The van der Waals surface area contributed by atoms with Crippen molar-refractivity contribution in [3.8, 4) is 0 Å². The van der Waals surface area contributed by atoms with E-state index in [0.717, 1.165) is 89.0 Å². The van der Waals surface area contributed by atoms with Crippen molar-refractivity contribution >= 4 is 138 Å². The van der Waals surface area contributed by atoms with Crippen molar-refractivity contribution in [1.29, 1.82) is 0 Å². The fourth-order valence-electron chi connectivity index (χ4n) is 11.2. The Morgan fingerprint density at radius 2 is 0.672 bits per heavy atom. The summed E-state index contributed by atoms with van der Waals surface area (Å²) in [5.41, 5.74) is 13.6. The quantitative estimate of drug-likeness (QED) is 0.167. The van der Waals surface area contributed by atoms with Crippen LogP contribution in [0.3, 0.4) is 0 Å². The van der Waals surface area contributed by atoms with E-state index in [1.54, 1.807) is 0 Å². The van der Waals surface area contributed by atoms with Gasteiger partial charge in [0.05, 0.1) is 27.9 Å². The summed E-state index contributed by atoms with van der Waals surface area (Å²) in [6, 6.07) is 81.0. The molecule has 0 saturated heterocycles. The monoisotopic (exact) mass is 855 g/mol. The van der Waals surface area contributed by atoms with E-state index >= 15 is 0 Å². The van der Waals surface area contributed by atoms with Gasteiger partial charge in [0, 0.05) is 76.6 Å². The molecule has 4 heterocycles. The van der Waals surface area contributed by atoms with Crippen LogP contribution in [0.2, 0.25) is 0 Å². The van der Waals surface area contributed by atoms with Crippen LogP contribution < -0.4 is 9.80 Å². The highest BCUT2D eigenvalue weighted by molar-refractivity contribution is 6.33. The summed E-state index contributed by atoms with van der Waals surface area (Å²) in [7, 11) is 0. The number of nitrogens with zero attached hydrogens (tertiary/aromatic N) is 3. The Morgan fingerprint density at radius 1 is 0.284 bits per heavy atom.